The number of rotatable bonds is 1. The molecule has 23 heavy (non-hydrogen) atoms. The Balaban J connectivity index is 1.76. The van der Waals surface area contributed by atoms with Crippen LogP contribution in [0.3, 0.4) is 0 Å². The summed E-state index contributed by atoms with van der Waals surface area (Å²) in [7, 11) is 0. The van der Waals surface area contributed by atoms with Crippen LogP contribution < -0.4 is 0 Å². The van der Waals surface area contributed by atoms with Gasteiger partial charge in [-0.15, -0.1) is 5.73 Å². The molecule has 0 aliphatic heterocycles. The summed E-state index contributed by atoms with van der Waals surface area (Å²) in [4.78, 5) is 11.9. The van der Waals surface area contributed by atoms with Crippen molar-refractivity contribution < 1.29 is 9.90 Å². The van der Waals surface area contributed by atoms with Crippen LogP contribution in [0.1, 0.15) is 58.3 Å². The molecule has 2 nitrogen and oxygen atoms in total. The van der Waals surface area contributed by atoms with E-state index in [0.717, 1.165) is 25.7 Å². The van der Waals surface area contributed by atoms with E-state index in [1.165, 1.54) is 24.8 Å². The average Bonchev–Trinajstić information content (AvgIpc) is 2.84. The molecule has 0 amide bonds. The maximum atomic E-state index is 11.9. The van der Waals surface area contributed by atoms with Gasteiger partial charge in [-0.2, -0.15) is 0 Å². The van der Waals surface area contributed by atoms with Crippen molar-refractivity contribution in [1.82, 2.24) is 0 Å². The molecule has 1 N–H and O–H groups in total. The molecule has 0 bridgehead atoms. The lowest BCUT2D eigenvalue weighted by Crippen LogP contribution is -2.51. The van der Waals surface area contributed by atoms with Gasteiger partial charge in [0, 0.05) is 11.8 Å². The Hall–Kier alpha value is -1.11. The molecule has 0 aromatic carbocycles. The molecule has 124 valence electrons. The van der Waals surface area contributed by atoms with E-state index in [0.29, 0.717) is 30.0 Å². The Labute approximate surface area is 139 Å². The number of aliphatic hydroxyl groups is 1. The lowest BCUT2D eigenvalue weighted by Gasteiger charge is -2.57. The van der Waals surface area contributed by atoms with Crippen molar-refractivity contribution in [2.75, 3.05) is 0 Å². The van der Waals surface area contributed by atoms with E-state index < -0.39 is 0 Å². The van der Waals surface area contributed by atoms with Crippen LogP contribution in [-0.2, 0) is 4.79 Å². The van der Waals surface area contributed by atoms with E-state index >= 15 is 0 Å². The van der Waals surface area contributed by atoms with Crippen LogP contribution in [0.25, 0.3) is 0 Å². The largest absolute Gasteiger partial charge is 0.393 e. The topological polar surface area (TPSA) is 37.3 Å². The number of fused-ring (bicyclic) bond motifs is 5. The lowest BCUT2D eigenvalue weighted by molar-refractivity contribution is -0.117. The Morgan fingerprint density at radius 1 is 1.22 bits per heavy atom. The summed E-state index contributed by atoms with van der Waals surface area (Å²) >= 11 is 0. The van der Waals surface area contributed by atoms with E-state index in [1.807, 2.05) is 6.08 Å². The van der Waals surface area contributed by atoms with Gasteiger partial charge in [-0.25, -0.2) is 0 Å². The molecular formula is C21H28O2. The predicted octanol–water partition coefficient (Wildman–Crippen LogP) is 4.20. The molecule has 3 fully saturated rings. The number of carbonyl (C=O) groups is 1. The van der Waals surface area contributed by atoms with Gasteiger partial charge < -0.3 is 5.11 Å². The predicted molar refractivity (Wildman–Crippen MR) is 90.8 cm³/mol. The highest BCUT2D eigenvalue weighted by Gasteiger charge is 2.59. The number of hydrogen-bond donors (Lipinski definition) is 1. The second kappa shape index (κ2) is 5.19. The van der Waals surface area contributed by atoms with Crippen molar-refractivity contribution in [3.63, 3.8) is 0 Å². The van der Waals surface area contributed by atoms with Gasteiger partial charge in [0.25, 0.3) is 0 Å². The van der Waals surface area contributed by atoms with E-state index in [-0.39, 0.29) is 16.9 Å². The van der Waals surface area contributed by atoms with Crippen molar-refractivity contribution in [1.29, 1.82) is 0 Å². The highest BCUT2D eigenvalue weighted by atomic mass is 16.3. The van der Waals surface area contributed by atoms with Crippen molar-refractivity contribution in [2.45, 2.75) is 64.4 Å². The molecule has 0 radical (unpaired) electrons. The zero-order chi connectivity index (χ0) is 16.2. The summed E-state index contributed by atoms with van der Waals surface area (Å²) in [6.45, 7) is 6.17. The first kappa shape index (κ1) is 15.4. The first-order valence-electron chi connectivity index (χ1n) is 9.30. The molecule has 0 saturated heterocycles. The van der Waals surface area contributed by atoms with Gasteiger partial charge >= 0.3 is 0 Å². The second-order valence-corrected chi connectivity index (χ2v) is 8.58. The van der Waals surface area contributed by atoms with Gasteiger partial charge in [0.05, 0.1) is 6.10 Å². The van der Waals surface area contributed by atoms with Gasteiger partial charge in [-0.05, 0) is 80.3 Å². The van der Waals surface area contributed by atoms with E-state index in [9.17, 15) is 9.90 Å². The van der Waals surface area contributed by atoms with Crippen molar-refractivity contribution in [2.24, 2.45) is 28.6 Å². The molecule has 0 aromatic rings. The number of carbonyl (C=O) groups excluding carboxylic acids is 1. The summed E-state index contributed by atoms with van der Waals surface area (Å²) in [6.07, 6.45) is 12.2. The second-order valence-electron chi connectivity index (χ2n) is 8.58. The number of hydrogen-bond acceptors (Lipinski definition) is 2. The Bertz CT molecular complexity index is 611. The van der Waals surface area contributed by atoms with Gasteiger partial charge in [0.1, 0.15) is 0 Å². The third kappa shape index (κ3) is 2.01. The molecule has 4 rings (SSSR count). The van der Waals surface area contributed by atoms with Crippen molar-refractivity contribution >= 4 is 5.78 Å². The molecule has 0 heterocycles. The van der Waals surface area contributed by atoms with E-state index in [1.54, 1.807) is 0 Å². The Morgan fingerprint density at radius 2 is 2.04 bits per heavy atom. The average molecular weight is 312 g/mol. The van der Waals surface area contributed by atoms with Crippen LogP contribution in [-0.4, -0.2) is 17.0 Å². The monoisotopic (exact) mass is 312 g/mol. The van der Waals surface area contributed by atoms with Crippen molar-refractivity contribution in [3.05, 3.63) is 30.0 Å². The Kier molecular flexibility index (Phi) is 3.48. The number of aliphatic hydroxyl groups excluding tert-OH is 1. The van der Waals surface area contributed by atoms with Gasteiger partial charge in [0.15, 0.2) is 5.78 Å². The normalized spacial score (nSPS) is 48.6. The molecule has 4 aliphatic rings. The third-order valence-electron chi connectivity index (χ3n) is 7.87. The van der Waals surface area contributed by atoms with Crippen LogP contribution in [0.4, 0.5) is 0 Å². The maximum absolute atomic E-state index is 11.9. The third-order valence-corrected chi connectivity index (χ3v) is 7.87. The molecule has 0 aromatic heterocycles. The minimum absolute atomic E-state index is 0.0213. The van der Waals surface area contributed by atoms with Gasteiger partial charge in [0.2, 0.25) is 0 Å². The van der Waals surface area contributed by atoms with Crippen LogP contribution in [0.2, 0.25) is 0 Å². The summed E-state index contributed by atoms with van der Waals surface area (Å²) in [5.41, 5.74) is 4.56. The molecule has 2 heteroatoms. The molecule has 5 unspecified atom stereocenters. The zero-order valence-corrected chi connectivity index (χ0v) is 14.2. The standard InChI is InChI=1S/C21H28O2/c1-3-10-21-12-8-15(22)13-14(21)4-5-16-17-6-7-19(23)20(17,2)11-9-18(16)21/h10,13,16-19,23H,1,4-9,11-12H2,2H3/t16?,17?,18?,19-,20?,21?/m0/s1. The first-order chi connectivity index (χ1) is 11.0. The van der Waals surface area contributed by atoms with Crippen LogP contribution in [0.5, 0.6) is 0 Å². The fraction of sp³-hybridized carbons (Fsp3) is 0.714. The first-order valence-corrected chi connectivity index (χ1v) is 9.30. The highest BCUT2D eigenvalue weighted by molar-refractivity contribution is 5.91. The van der Waals surface area contributed by atoms with E-state index in [4.69, 9.17) is 0 Å². The maximum Gasteiger partial charge on any atom is 0.155 e. The van der Waals surface area contributed by atoms with Crippen molar-refractivity contribution in [3.8, 4) is 0 Å². The van der Waals surface area contributed by atoms with Gasteiger partial charge in [-0.1, -0.05) is 19.1 Å². The van der Waals surface area contributed by atoms with Crippen LogP contribution >= 0.6 is 0 Å². The minimum Gasteiger partial charge on any atom is -0.393 e. The summed E-state index contributed by atoms with van der Waals surface area (Å²) < 4.78 is 0. The fourth-order valence-electron chi connectivity index (χ4n) is 6.70. The van der Waals surface area contributed by atoms with Crippen LogP contribution in [0, 0.1) is 28.6 Å². The minimum atomic E-state index is -0.121. The zero-order valence-electron chi connectivity index (χ0n) is 14.2. The molecule has 4 aliphatic carbocycles. The fourth-order valence-corrected chi connectivity index (χ4v) is 6.70. The smallest absolute Gasteiger partial charge is 0.155 e. The Morgan fingerprint density at radius 3 is 2.83 bits per heavy atom. The number of allylic oxidation sites excluding steroid dienone is 2. The highest BCUT2D eigenvalue weighted by Crippen LogP contribution is 2.65. The SMILES string of the molecule is C=C=CC12CCC(=O)C=C1CCC1C2CCC2(C)C1CC[C@@H]2O. The molecule has 6 atom stereocenters. The molecular weight excluding hydrogens is 284 g/mol. The lowest BCUT2D eigenvalue weighted by atomic mass is 9.47. The molecule has 3 saturated carbocycles. The number of ketones is 1. The summed E-state index contributed by atoms with van der Waals surface area (Å²) in [6, 6.07) is 0. The summed E-state index contributed by atoms with van der Waals surface area (Å²) in [5, 5.41) is 10.5. The molecule has 0 spiro atoms. The van der Waals surface area contributed by atoms with E-state index in [2.05, 4.69) is 25.3 Å². The van der Waals surface area contributed by atoms with Crippen LogP contribution in [0.15, 0.2) is 30.0 Å². The van der Waals surface area contributed by atoms with Gasteiger partial charge in [-0.3, -0.25) is 4.79 Å². The summed E-state index contributed by atoms with van der Waals surface area (Å²) in [5.74, 6) is 2.23. The quantitative estimate of drug-likeness (QED) is 0.737.